The summed E-state index contributed by atoms with van der Waals surface area (Å²) >= 11 is 0. The number of nitrogens with one attached hydrogen (secondary N) is 2. The van der Waals surface area contributed by atoms with Crippen LogP contribution in [0.1, 0.15) is 5.56 Å². The van der Waals surface area contributed by atoms with E-state index in [-0.39, 0.29) is 0 Å². The average Bonchev–Trinajstić information content (AvgIpc) is 3.22. The lowest BCUT2D eigenvalue weighted by Crippen LogP contribution is -2.36. The lowest BCUT2D eigenvalue weighted by atomic mass is 10.1. The Kier molecular flexibility index (Phi) is 5.25. The van der Waals surface area contributed by atoms with Gasteiger partial charge in [-0.1, -0.05) is 0 Å². The Labute approximate surface area is 191 Å². The van der Waals surface area contributed by atoms with Gasteiger partial charge in [0.2, 0.25) is 5.88 Å². The second-order valence-corrected chi connectivity index (χ2v) is 8.12. The Balaban J connectivity index is 1.31. The molecule has 0 radical (unpaired) electrons. The van der Waals surface area contributed by atoms with E-state index in [2.05, 4.69) is 55.8 Å². The lowest BCUT2D eigenvalue weighted by molar-refractivity contribution is 0.122. The van der Waals surface area contributed by atoms with E-state index in [1.165, 1.54) is 5.69 Å². The second-order valence-electron chi connectivity index (χ2n) is 8.12. The molecule has 1 fully saturated rings. The predicted octanol–water partition coefficient (Wildman–Crippen LogP) is 2.85. The van der Waals surface area contributed by atoms with Crippen LogP contribution in [0.25, 0.3) is 16.9 Å². The highest BCUT2D eigenvalue weighted by molar-refractivity contribution is 5.74. The zero-order valence-corrected chi connectivity index (χ0v) is 18.2. The SMILES string of the molecule is c1cn2cc(-c3cnc4c(c3)CNCCO4)nc(Nc3ccc(N4CCOCC4)cc3)c2n1. The molecule has 0 spiro atoms. The highest BCUT2D eigenvalue weighted by atomic mass is 16.5. The van der Waals surface area contributed by atoms with Crippen molar-refractivity contribution in [3.05, 3.63) is 60.7 Å². The number of imidazole rings is 1. The third-order valence-corrected chi connectivity index (χ3v) is 5.93. The van der Waals surface area contributed by atoms with Crippen molar-refractivity contribution in [1.82, 2.24) is 24.7 Å². The Morgan fingerprint density at radius 3 is 2.79 bits per heavy atom. The van der Waals surface area contributed by atoms with E-state index in [0.29, 0.717) is 18.3 Å². The van der Waals surface area contributed by atoms with Crippen LogP contribution in [0.4, 0.5) is 17.2 Å². The predicted molar refractivity (Wildman–Crippen MR) is 126 cm³/mol. The van der Waals surface area contributed by atoms with Gasteiger partial charge in [-0.15, -0.1) is 0 Å². The summed E-state index contributed by atoms with van der Waals surface area (Å²) in [6.45, 7) is 5.54. The Morgan fingerprint density at radius 1 is 1.03 bits per heavy atom. The summed E-state index contributed by atoms with van der Waals surface area (Å²) in [5.74, 6) is 1.38. The molecule has 0 aliphatic carbocycles. The Hall–Kier alpha value is -3.69. The van der Waals surface area contributed by atoms with Crippen LogP contribution in [0.2, 0.25) is 0 Å². The van der Waals surface area contributed by atoms with Crippen molar-refractivity contribution in [2.45, 2.75) is 6.54 Å². The average molecular weight is 444 g/mol. The number of ether oxygens (including phenoxy) is 2. The summed E-state index contributed by atoms with van der Waals surface area (Å²) in [5, 5.41) is 6.81. The molecule has 4 aromatic rings. The van der Waals surface area contributed by atoms with E-state index in [0.717, 1.165) is 67.5 Å². The molecule has 0 saturated carbocycles. The van der Waals surface area contributed by atoms with Crippen LogP contribution in [0.5, 0.6) is 5.88 Å². The van der Waals surface area contributed by atoms with Crippen molar-refractivity contribution < 1.29 is 9.47 Å². The highest BCUT2D eigenvalue weighted by Gasteiger charge is 2.15. The molecule has 1 aromatic carbocycles. The minimum atomic E-state index is 0.622. The van der Waals surface area contributed by atoms with Crippen LogP contribution in [0, 0.1) is 0 Å². The first-order valence-corrected chi connectivity index (χ1v) is 11.2. The van der Waals surface area contributed by atoms with E-state index in [9.17, 15) is 0 Å². The standard InChI is InChI=1S/C24H25N7O2/c1-3-20(30-8-11-32-12-9-30)4-2-19(1)28-22-23-26-5-7-31(23)16-21(29-22)17-13-18-14-25-6-10-33-24(18)27-15-17/h1-5,7,13,15-16,25H,6,8-12,14H2,(H,28,29). The molecule has 2 N–H and O–H groups in total. The lowest BCUT2D eigenvalue weighted by Gasteiger charge is -2.28. The molecule has 0 unspecified atom stereocenters. The van der Waals surface area contributed by atoms with E-state index in [1.807, 2.05) is 23.0 Å². The maximum Gasteiger partial charge on any atom is 0.217 e. The van der Waals surface area contributed by atoms with Gasteiger partial charge in [0, 0.05) is 73.5 Å². The molecule has 9 nitrogen and oxygen atoms in total. The van der Waals surface area contributed by atoms with Gasteiger partial charge in [0.25, 0.3) is 0 Å². The molecule has 6 rings (SSSR count). The Morgan fingerprint density at radius 2 is 1.91 bits per heavy atom. The van der Waals surface area contributed by atoms with Crippen molar-refractivity contribution in [3.63, 3.8) is 0 Å². The number of anilines is 3. The third-order valence-electron chi connectivity index (χ3n) is 5.93. The smallest absolute Gasteiger partial charge is 0.217 e. The molecule has 0 atom stereocenters. The number of rotatable bonds is 4. The fourth-order valence-electron chi connectivity index (χ4n) is 4.21. The first kappa shape index (κ1) is 20.0. The van der Waals surface area contributed by atoms with Gasteiger partial charge in [-0.05, 0) is 30.3 Å². The molecular weight excluding hydrogens is 418 g/mol. The van der Waals surface area contributed by atoms with E-state index < -0.39 is 0 Å². The van der Waals surface area contributed by atoms with E-state index >= 15 is 0 Å². The van der Waals surface area contributed by atoms with Gasteiger partial charge in [-0.25, -0.2) is 15.0 Å². The summed E-state index contributed by atoms with van der Waals surface area (Å²) < 4.78 is 13.2. The van der Waals surface area contributed by atoms with Crippen molar-refractivity contribution in [2.24, 2.45) is 0 Å². The van der Waals surface area contributed by atoms with Crippen LogP contribution in [-0.2, 0) is 11.3 Å². The topological polar surface area (TPSA) is 88.8 Å². The zero-order chi connectivity index (χ0) is 22.0. The van der Waals surface area contributed by atoms with Crippen molar-refractivity contribution in [1.29, 1.82) is 0 Å². The summed E-state index contributed by atoms with van der Waals surface area (Å²) in [5.41, 5.74) is 5.70. The molecule has 9 heteroatoms. The number of fused-ring (bicyclic) bond motifs is 2. The minimum Gasteiger partial charge on any atom is -0.476 e. The van der Waals surface area contributed by atoms with Crippen LogP contribution in [0.15, 0.2) is 55.1 Å². The number of hydrogen-bond acceptors (Lipinski definition) is 8. The van der Waals surface area contributed by atoms with Gasteiger partial charge in [0.05, 0.1) is 18.9 Å². The third kappa shape index (κ3) is 4.08. The largest absolute Gasteiger partial charge is 0.476 e. The minimum absolute atomic E-state index is 0.622. The monoisotopic (exact) mass is 443 g/mol. The number of hydrogen-bond donors (Lipinski definition) is 2. The number of benzene rings is 1. The summed E-state index contributed by atoms with van der Waals surface area (Å²) in [7, 11) is 0. The van der Waals surface area contributed by atoms with Crippen LogP contribution in [0.3, 0.4) is 0 Å². The fourth-order valence-corrected chi connectivity index (χ4v) is 4.21. The van der Waals surface area contributed by atoms with Gasteiger partial charge in [0.1, 0.15) is 6.61 Å². The maximum atomic E-state index is 5.72. The fraction of sp³-hybridized carbons (Fsp3) is 0.292. The molecule has 0 amide bonds. The van der Waals surface area contributed by atoms with E-state index in [4.69, 9.17) is 14.5 Å². The van der Waals surface area contributed by atoms with Crippen LogP contribution < -0.4 is 20.3 Å². The molecule has 2 aliphatic heterocycles. The van der Waals surface area contributed by atoms with Gasteiger partial charge >= 0.3 is 0 Å². The Bertz CT molecular complexity index is 1270. The quantitative estimate of drug-likeness (QED) is 0.498. The van der Waals surface area contributed by atoms with Gasteiger partial charge in [-0.2, -0.15) is 0 Å². The molecular formula is C24H25N7O2. The number of aromatic nitrogens is 4. The molecule has 3 aromatic heterocycles. The molecule has 2 aliphatic rings. The first-order chi connectivity index (χ1) is 16.3. The maximum absolute atomic E-state index is 5.72. The molecule has 33 heavy (non-hydrogen) atoms. The first-order valence-electron chi connectivity index (χ1n) is 11.2. The number of pyridine rings is 1. The summed E-state index contributed by atoms with van der Waals surface area (Å²) in [4.78, 5) is 16.3. The summed E-state index contributed by atoms with van der Waals surface area (Å²) in [6, 6.07) is 10.5. The second kappa shape index (κ2) is 8.68. The molecule has 1 saturated heterocycles. The van der Waals surface area contributed by atoms with Crippen LogP contribution >= 0.6 is 0 Å². The molecule has 168 valence electrons. The van der Waals surface area contributed by atoms with E-state index in [1.54, 1.807) is 6.20 Å². The number of nitrogens with zero attached hydrogens (tertiary/aromatic N) is 5. The van der Waals surface area contributed by atoms with Crippen molar-refractivity contribution in [2.75, 3.05) is 49.7 Å². The molecule has 0 bridgehead atoms. The number of morpholine rings is 1. The zero-order valence-electron chi connectivity index (χ0n) is 18.2. The molecule has 5 heterocycles. The van der Waals surface area contributed by atoms with Crippen LogP contribution in [-0.4, -0.2) is 58.8 Å². The van der Waals surface area contributed by atoms with Crippen molar-refractivity contribution >= 4 is 22.8 Å². The van der Waals surface area contributed by atoms with Gasteiger partial charge in [-0.3, -0.25) is 0 Å². The normalized spacial score (nSPS) is 16.2. The van der Waals surface area contributed by atoms with Gasteiger partial charge in [0.15, 0.2) is 11.5 Å². The highest BCUT2D eigenvalue weighted by Crippen LogP contribution is 2.28. The van der Waals surface area contributed by atoms with Crippen molar-refractivity contribution in [3.8, 4) is 17.1 Å². The summed E-state index contributed by atoms with van der Waals surface area (Å²) in [6.07, 6.45) is 7.49. The van der Waals surface area contributed by atoms with Gasteiger partial charge < -0.3 is 29.4 Å².